The first-order valence-electron chi connectivity index (χ1n) is 8.59. The van der Waals surface area contributed by atoms with Crippen molar-refractivity contribution in [2.75, 3.05) is 20.3 Å². The summed E-state index contributed by atoms with van der Waals surface area (Å²) < 4.78 is 11.1. The number of piperidine rings is 1. The van der Waals surface area contributed by atoms with Crippen molar-refractivity contribution in [2.45, 2.75) is 31.7 Å². The second-order valence-corrected chi connectivity index (χ2v) is 6.23. The number of hydrogen-bond donors (Lipinski definition) is 2. The van der Waals surface area contributed by atoms with Gasteiger partial charge in [0.05, 0.1) is 13.7 Å². The molecule has 4 nitrogen and oxygen atoms in total. The van der Waals surface area contributed by atoms with E-state index >= 15 is 0 Å². The second kappa shape index (κ2) is 8.06. The first-order valence-corrected chi connectivity index (χ1v) is 8.59. The van der Waals surface area contributed by atoms with Crippen LogP contribution in [0.25, 0.3) is 11.1 Å². The molecular weight excluding hydrogens is 302 g/mol. The zero-order valence-electron chi connectivity index (χ0n) is 14.1. The average Bonchev–Trinajstić information content (AvgIpc) is 2.62. The van der Waals surface area contributed by atoms with Crippen LogP contribution in [-0.4, -0.2) is 31.4 Å². The Morgan fingerprint density at radius 1 is 1.04 bits per heavy atom. The van der Waals surface area contributed by atoms with Gasteiger partial charge in [-0.1, -0.05) is 18.6 Å². The fourth-order valence-electron chi connectivity index (χ4n) is 3.11. The Labute approximate surface area is 143 Å². The van der Waals surface area contributed by atoms with Gasteiger partial charge in [0, 0.05) is 12.1 Å². The van der Waals surface area contributed by atoms with E-state index in [1.807, 2.05) is 30.3 Å². The largest absolute Gasteiger partial charge is 0.508 e. The summed E-state index contributed by atoms with van der Waals surface area (Å²) in [7, 11) is 1.65. The lowest BCUT2D eigenvalue weighted by Gasteiger charge is -2.23. The molecular formula is C20H25NO3. The molecule has 1 atom stereocenters. The van der Waals surface area contributed by atoms with Gasteiger partial charge in [-0.15, -0.1) is 0 Å². The number of rotatable bonds is 6. The monoisotopic (exact) mass is 327 g/mol. The van der Waals surface area contributed by atoms with E-state index in [0.29, 0.717) is 18.4 Å². The van der Waals surface area contributed by atoms with Crippen LogP contribution in [-0.2, 0) is 0 Å². The molecule has 1 aliphatic rings. The minimum atomic E-state index is 0.217. The van der Waals surface area contributed by atoms with Gasteiger partial charge in [0.2, 0.25) is 0 Å². The standard InChI is InChI=1S/C20H25NO3/c1-23-19-7-5-15(6-8-19)16-12-18(22)14-20(13-16)24-11-9-17-4-2-3-10-21-17/h5-8,12-14,17,21-22H,2-4,9-11H2,1H3. The van der Waals surface area contributed by atoms with E-state index in [1.54, 1.807) is 19.2 Å². The topological polar surface area (TPSA) is 50.7 Å². The molecule has 128 valence electrons. The number of benzene rings is 2. The number of ether oxygens (including phenoxy) is 2. The normalized spacial score (nSPS) is 17.5. The molecule has 1 aliphatic heterocycles. The van der Waals surface area contributed by atoms with Crippen molar-refractivity contribution in [2.24, 2.45) is 0 Å². The zero-order chi connectivity index (χ0) is 16.8. The van der Waals surface area contributed by atoms with Gasteiger partial charge in [-0.25, -0.2) is 0 Å². The van der Waals surface area contributed by atoms with E-state index in [1.165, 1.54) is 19.3 Å². The summed E-state index contributed by atoms with van der Waals surface area (Å²) in [5.41, 5.74) is 1.95. The first kappa shape index (κ1) is 16.7. The van der Waals surface area contributed by atoms with E-state index < -0.39 is 0 Å². The highest BCUT2D eigenvalue weighted by atomic mass is 16.5. The van der Waals surface area contributed by atoms with E-state index in [0.717, 1.165) is 29.8 Å². The molecule has 0 saturated carbocycles. The van der Waals surface area contributed by atoms with Crippen LogP contribution < -0.4 is 14.8 Å². The highest BCUT2D eigenvalue weighted by molar-refractivity contribution is 5.67. The molecule has 2 aromatic carbocycles. The van der Waals surface area contributed by atoms with Gasteiger partial charge in [-0.3, -0.25) is 0 Å². The van der Waals surface area contributed by atoms with Crippen LogP contribution in [0.2, 0.25) is 0 Å². The number of hydrogen-bond acceptors (Lipinski definition) is 4. The minimum Gasteiger partial charge on any atom is -0.508 e. The lowest BCUT2D eigenvalue weighted by atomic mass is 10.0. The third-order valence-electron chi connectivity index (χ3n) is 4.46. The summed E-state index contributed by atoms with van der Waals surface area (Å²) in [4.78, 5) is 0. The second-order valence-electron chi connectivity index (χ2n) is 6.23. The molecule has 0 aromatic heterocycles. The fourth-order valence-corrected chi connectivity index (χ4v) is 3.11. The third-order valence-corrected chi connectivity index (χ3v) is 4.46. The van der Waals surface area contributed by atoms with Gasteiger partial charge in [0.15, 0.2) is 0 Å². The lowest BCUT2D eigenvalue weighted by molar-refractivity contribution is 0.267. The van der Waals surface area contributed by atoms with Gasteiger partial charge in [-0.2, -0.15) is 0 Å². The Balaban J connectivity index is 1.64. The van der Waals surface area contributed by atoms with Crippen LogP contribution in [0.1, 0.15) is 25.7 Å². The Bertz CT molecular complexity index is 648. The van der Waals surface area contributed by atoms with Gasteiger partial charge < -0.3 is 19.9 Å². The Morgan fingerprint density at radius 3 is 2.58 bits per heavy atom. The molecule has 0 amide bonds. The number of phenolic OH excluding ortho intramolecular Hbond substituents is 1. The molecule has 0 radical (unpaired) electrons. The van der Waals surface area contributed by atoms with Crippen LogP contribution in [0.4, 0.5) is 0 Å². The van der Waals surface area contributed by atoms with Crippen LogP contribution in [0, 0.1) is 0 Å². The Morgan fingerprint density at radius 2 is 1.88 bits per heavy atom. The average molecular weight is 327 g/mol. The predicted octanol–water partition coefficient (Wildman–Crippen LogP) is 3.98. The summed E-state index contributed by atoms with van der Waals surface area (Å²) in [5.74, 6) is 1.74. The highest BCUT2D eigenvalue weighted by Gasteiger charge is 2.12. The van der Waals surface area contributed by atoms with Crippen molar-refractivity contribution in [3.05, 3.63) is 42.5 Å². The van der Waals surface area contributed by atoms with Crippen LogP contribution >= 0.6 is 0 Å². The molecule has 0 bridgehead atoms. The van der Waals surface area contributed by atoms with E-state index in [-0.39, 0.29) is 5.75 Å². The fraction of sp³-hybridized carbons (Fsp3) is 0.400. The van der Waals surface area contributed by atoms with Crippen LogP contribution in [0.3, 0.4) is 0 Å². The molecule has 1 heterocycles. The molecule has 0 spiro atoms. The Kier molecular flexibility index (Phi) is 5.59. The van der Waals surface area contributed by atoms with Gasteiger partial charge in [-0.05, 0) is 61.2 Å². The Hall–Kier alpha value is -2.20. The molecule has 3 rings (SSSR count). The number of methoxy groups -OCH3 is 1. The smallest absolute Gasteiger partial charge is 0.123 e. The number of phenols is 1. The molecule has 1 saturated heterocycles. The van der Waals surface area contributed by atoms with Crippen molar-refractivity contribution in [1.29, 1.82) is 0 Å². The molecule has 24 heavy (non-hydrogen) atoms. The molecule has 2 aromatic rings. The van der Waals surface area contributed by atoms with Crippen molar-refractivity contribution < 1.29 is 14.6 Å². The summed E-state index contributed by atoms with van der Waals surface area (Å²) in [6.45, 7) is 1.77. The summed E-state index contributed by atoms with van der Waals surface area (Å²) in [6.07, 6.45) is 4.79. The minimum absolute atomic E-state index is 0.217. The van der Waals surface area contributed by atoms with Crippen molar-refractivity contribution in [1.82, 2.24) is 5.32 Å². The van der Waals surface area contributed by atoms with Crippen molar-refractivity contribution in [3.63, 3.8) is 0 Å². The molecule has 4 heteroatoms. The van der Waals surface area contributed by atoms with Gasteiger partial charge in [0.1, 0.15) is 17.2 Å². The molecule has 2 N–H and O–H groups in total. The highest BCUT2D eigenvalue weighted by Crippen LogP contribution is 2.30. The maximum absolute atomic E-state index is 9.99. The zero-order valence-corrected chi connectivity index (χ0v) is 14.1. The first-order chi connectivity index (χ1) is 11.7. The SMILES string of the molecule is COc1ccc(-c2cc(O)cc(OCCC3CCCCN3)c2)cc1. The summed E-state index contributed by atoms with van der Waals surface area (Å²) in [5, 5.41) is 13.5. The number of aromatic hydroxyl groups is 1. The predicted molar refractivity (Wildman–Crippen MR) is 95.8 cm³/mol. The van der Waals surface area contributed by atoms with E-state index in [2.05, 4.69) is 5.32 Å². The lowest BCUT2D eigenvalue weighted by Crippen LogP contribution is -2.35. The maximum atomic E-state index is 9.99. The van der Waals surface area contributed by atoms with E-state index in [4.69, 9.17) is 9.47 Å². The van der Waals surface area contributed by atoms with Crippen molar-refractivity contribution in [3.8, 4) is 28.4 Å². The third kappa shape index (κ3) is 4.42. The maximum Gasteiger partial charge on any atom is 0.123 e. The van der Waals surface area contributed by atoms with Gasteiger partial charge >= 0.3 is 0 Å². The summed E-state index contributed by atoms with van der Waals surface area (Å²) >= 11 is 0. The van der Waals surface area contributed by atoms with Crippen LogP contribution in [0.15, 0.2) is 42.5 Å². The number of nitrogens with one attached hydrogen (secondary N) is 1. The quantitative estimate of drug-likeness (QED) is 0.842. The van der Waals surface area contributed by atoms with Crippen molar-refractivity contribution >= 4 is 0 Å². The van der Waals surface area contributed by atoms with Crippen LogP contribution in [0.5, 0.6) is 17.2 Å². The molecule has 1 unspecified atom stereocenters. The van der Waals surface area contributed by atoms with E-state index in [9.17, 15) is 5.11 Å². The summed E-state index contributed by atoms with van der Waals surface area (Å²) in [6, 6.07) is 13.7. The molecule has 0 aliphatic carbocycles. The van der Waals surface area contributed by atoms with Gasteiger partial charge in [0.25, 0.3) is 0 Å². The molecule has 1 fully saturated rings.